The lowest BCUT2D eigenvalue weighted by Crippen LogP contribution is -2.00. The van der Waals surface area contributed by atoms with Crippen LogP contribution in [0.1, 0.15) is 5.56 Å². The molecule has 1 N–H and O–H groups in total. The number of imidazole rings is 1. The molecule has 146 valence electrons. The summed E-state index contributed by atoms with van der Waals surface area (Å²) in [5.41, 5.74) is 5.63. The zero-order valence-corrected chi connectivity index (χ0v) is 15.9. The van der Waals surface area contributed by atoms with E-state index in [2.05, 4.69) is 22.1 Å². The van der Waals surface area contributed by atoms with Crippen LogP contribution >= 0.6 is 0 Å². The van der Waals surface area contributed by atoms with Gasteiger partial charge in [0, 0.05) is 18.0 Å². The monoisotopic (exact) mass is 395 g/mol. The van der Waals surface area contributed by atoms with E-state index in [0.29, 0.717) is 6.54 Å². The Bertz CT molecular complexity index is 1320. The van der Waals surface area contributed by atoms with Crippen LogP contribution in [0.5, 0.6) is 11.5 Å². The third kappa shape index (κ3) is 2.88. The largest absolute Gasteiger partial charge is 0.454 e. The van der Waals surface area contributed by atoms with Gasteiger partial charge in [0.25, 0.3) is 0 Å². The first kappa shape index (κ1) is 16.8. The van der Waals surface area contributed by atoms with Crippen molar-refractivity contribution in [3.63, 3.8) is 0 Å². The Morgan fingerprint density at radius 1 is 1.00 bits per heavy atom. The van der Waals surface area contributed by atoms with Crippen molar-refractivity contribution in [2.75, 3.05) is 6.79 Å². The van der Waals surface area contributed by atoms with E-state index in [-0.39, 0.29) is 6.79 Å². The number of nitrogens with zero attached hydrogens (tertiary/aromatic N) is 4. The van der Waals surface area contributed by atoms with Gasteiger partial charge in [-0.15, -0.1) is 0 Å². The number of aromatic nitrogens is 5. The quantitative estimate of drug-likeness (QED) is 0.492. The molecule has 0 spiro atoms. The van der Waals surface area contributed by atoms with Crippen molar-refractivity contribution in [2.24, 2.45) is 0 Å². The number of fused-ring (bicyclic) bond motifs is 2. The summed E-state index contributed by atoms with van der Waals surface area (Å²) in [6, 6.07) is 18.0. The van der Waals surface area contributed by atoms with Gasteiger partial charge in [-0.05, 0) is 29.8 Å². The summed E-state index contributed by atoms with van der Waals surface area (Å²) in [5.74, 6) is 2.23. The summed E-state index contributed by atoms with van der Waals surface area (Å²) >= 11 is 0. The molecule has 1 aliphatic heterocycles. The molecule has 0 saturated carbocycles. The molecule has 4 heterocycles. The third-order valence-corrected chi connectivity index (χ3v) is 5.13. The van der Waals surface area contributed by atoms with E-state index < -0.39 is 0 Å². The highest BCUT2D eigenvalue weighted by Crippen LogP contribution is 2.38. The highest BCUT2D eigenvalue weighted by atomic mass is 16.7. The molecule has 1 aliphatic rings. The lowest BCUT2D eigenvalue weighted by Gasteiger charge is -2.03. The van der Waals surface area contributed by atoms with Crippen molar-refractivity contribution in [1.29, 1.82) is 0 Å². The second-order valence-corrected chi connectivity index (χ2v) is 7.12. The first-order valence-corrected chi connectivity index (χ1v) is 9.65. The van der Waals surface area contributed by atoms with Crippen molar-refractivity contribution >= 4 is 11.0 Å². The Balaban J connectivity index is 1.49. The molecular weight excluding hydrogens is 378 g/mol. The number of pyridine rings is 1. The number of hydrogen-bond acceptors (Lipinski definition) is 5. The minimum atomic E-state index is 0.241. The third-order valence-electron chi connectivity index (χ3n) is 5.13. The van der Waals surface area contributed by atoms with Crippen LogP contribution in [0.4, 0.5) is 0 Å². The van der Waals surface area contributed by atoms with E-state index in [1.54, 1.807) is 12.4 Å². The highest BCUT2D eigenvalue weighted by Gasteiger charge is 2.20. The maximum absolute atomic E-state index is 5.57. The summed E-state index contributed by atoms with van der Waals surface area (Å²) in [7, 11) is 0. The standard InChI is InChI=1S/C23H17N5O2/c1-2-4-15(5-3-1)12-28-13-17(23-25-18-8-9-24-11-19(18)26-23)22(27-28)16-6-7-20-21(10-16)30-14-29-20/h1-11,13H,12,14H2,(H,25,26). The van der Waals surface area contributed by atoms with E-state index in [1.165, 1.54) is 5.56 Å². The van der Waals surface area contributed by atoms with Crippen LogP contribution < -0.4 is 9.47 Å². The Morgan fingerprint density at radius 2 is 1.90 bits per heavy atom. The Morgan fingerprint density at radius 3 is 2.80 bits per heavy atom. The van der Waals surface area contributed by atoms with Gasteiger partial charge < -0.3 is 14.5 Å². The maximum atomic E-state index is 5.57. The van der Waals surface area contributed by atoms with Crippen molar-refractivity contribution < 1.29 is 9.47 Å². The topological polar surface area (TPSA) is 77.9 Å². The van der Waals surface area contributed by atoms with Crippen LogP contribution in [0.25, 0.3) is 33.7 Å². The smallest absolute Gasteiger partial charge is 0.231 e. The molecule has 7 heteroatoms. The van der Waals surface area contributed by atoms with Gasteiger partial charge in [0.1, 0.15) is 11.5 Å². The predicted molar refractivity (Wildman–Crippen MR) is 112 cm³/mol. The maximum Gasteiger partial charge on any atom is 0.231 e. The predicted octanol–water partition coefficient (Wildman–Crippen LogP) is 4.27. The van der Waals surface area contributed by atoms with Gasteiger partial charge in [-0.3, -0.25) is 9.67 Å². The molecule has 0 atom stereocenters. The lowest BCUT2D eigenvalue weighted by molar-refractivity contribution is 0.174. The van der Waals surface area contributed by atoms with Gasteiger partial charge in [-0.1, -0.05) is 30.3 Å². The Hall–Kier alpha value is -4.13. The van der Waals surface area contributed by atoms with Gasteiger partial charge in [0.2, 0.25) is 6.79 Å². The average molecular weight is 395 g/mol. The van der Waals surface area contributed by atoms with Crippen LogP contribution in [0.3, 0.4) is 0 Å². The van der Waals surface area contributed by atoms with E-state index >= 15 is 0 Å². The summed E-state index contributed by atoms with van der Waals surface area (Å²) in [5, 5.41) is 4.89. The molecule has 0 amide bonds. The number of hydrogen-bond donors (Lipinski definition) is 1. The second-order valence-electron chi connectivity index (χ2n) is 7.12. The van der Waals surface area contributed by atoms with E-state index in [4.69, 9.17) is 19.6 Å². The summed E-state index contributed by atoms with van der Waals surface area (Å²) in [6.45, 7) is 0.908. The summed E-state index contributed by atoms with van der Waals surface area (Å²) in [6.07, 6.45) is 5.54. The molecule has 0 radical (unpaired) electrons. The second kappa shape index (κ2) is 6.73. The van der Waals surface area contributed by atoms with Crippen LogP contribution in [-0.2, 0) is 6.54 Å². The fourth-order valence-electron chi connectivity index (χ4n) is 3.69. The number of aromatic amines is 1. The van der Waals surface area contributed by atoms with Crippen molar-refractivity contribution in [3.8, 4) is 34.1 Å². The molecule has 5 aromatic rings. The summed E-state index contributed by atoms with van der Waals surface area (Å²) < 4.78 is 13.0. The van der Waals surface area contributed by atoms with E-state index in [0.717, 1.165) is 45.2 Å². The number of nitrogens with one attached hydrogen (secondary N) is 1. The van der Waals surface area contributed by atoms with Gasteiger partial charge in [0.05, 0.1) is 29.3 Å². The Labute approximate surface area is 171 Å². The molecular formula is C23H17N5O2. The van der Waals surface area contributed by atoms with Gasteiger partial charge in [0.15, 0.2) is 11.5 Å². The normalized spacial score (nSPS) is 12.5. The number of H-pyrrole nitrogens is 1. The highest BCUT2D eigenvalue weighted by molar-refractivity contribution is 5.84. The molecule has 2 aromatic carbocycles. The lowest BCUT2D eigenvalue weighted by atomic mass is 10.1. The average Bonchev–Trinajstić information content (AvgIpc) is 3.51. The van der Waals surface area contributed by atoms with Gasteiger partial charge >= 0.3 is 0 Å². The Kier molecular flexibility index (Phi) is 3.77. The molecule has 0 bridgehead atoms. The molecule has 3 aromatic heterocycles. The van der Waals surface area contributed by atoms with E-state index in [1.807, 2.05) is 53.3 Å². The molecule has 0 aliphatic carbocycles. The number of benzene rings is 2. The SMILES string of the molecule is c1ccc(Cn2cc(-c3nc4ccncc4[nH]3)c(-c3ccc4c(c3)OCO4)n2)cc1. The molecule has 30 heavy (non-hydrogen) atoms. The fourth-order valence-corrected chi connectivity index (χ4v) is 3.69. The van der Waals surface area contributed by atoms with Crippen LogP contribution in [0.15, 0.2) is 73.2 Å². The van der Waals surface area contributed by atoms with Crippen LogP contribution in [0, 0.1) is 0 Å². The minimum absolute atomic E-state index is 0.241. The molecule has 0 saturated heterocycles. The minimum Gasteiger partial charge on any atom is -0.454 e. The molecule has 0 fully saturated rings. The van der Waals surface area contributed by atoms with Gasteiger partial charge in [-0.2, -0.15) is 5.10 Å². The van der Waals surface area contributed by atoms with Crippen molar-refractivity contribution in [2.45, 2.75) is 6.54 Å². The van der Waals surface area contributed by atoms with Crippen LogP contribution in [-0.4, -0.2) is 31.5 Å². The zero-order chi connectivity index (χ0) is 19.9. The first-order valence-electron chi connectivity index (χ1n) is 9.65. The van der Waals surface area contributed by atoms with Crippen molar-refractivity contribution in [1.82, 2.24) is 24.7 Å². The van der Waals surface area contributed by atoms with Gasteiger partial charge in [-0.25, -0.2) is 4.98 Å². The van der Waals surface area contributed by atoms with E-state index in [9.17, 15) is 0 Å². The number of ether oxygens (including phenoxy) is 2. The molecule has 0 unspecified atom stereocenters. The fraction of sp³-hybridized carbons (Fsp3) is 0.0870. The number of rotatable bonds is 4. The van der Waals surface area contributed by atoms with Crippen LogP contribution in [0.2, 0.25) is 0 Å². The summed E-state index contributed by atoms with van der Waals surface area (Å²) in [4.78, 5) is 12.3. The first-order chi connectivity index (χ1) is 14.8. The molecule has 7 nitrogen and oxygen atoms in total. The molecule has 6 rings (SSSR count). The zero-order valence-electron chi connectivity index (χ0n) is 15.9. The van der Waals surface area contributed by atoms with Crippen molar-refractivity contribution in [3.05, 3.63) is 78.8 Å².